The Kier molecular flexibility index (Phi) is 5.76. The Hall–Kier alpha value is -3.99. The highest BCUT2D eigenvalue weighted by atomic mass is 16.5. The summed E-state index contributed by atoms with van der Waals surface area (Å²) in [6, 6.07) is 19.1. The quantitative estimate of drug-likeness (QED) is 0.458. The van der Waals surface area contributed by atoms with Gasteiger partial charge < -0.3 is 10.1 Å². The third-order valence-corrected chi connectivity index (χ3v) is 5.01. The van der Waals surface area contributed by atoms with E-state index in [4.69, 9.17) is 4.74 Å². The van der Waals surface area contributed by atoms with E-state index in [9.17, 15) is 14.4 Å². The van der Waals surface area contributed by atoms with Crippen LogP contribution in [-0.2, 0) is 4.79 Å². The van der Waals surface area contributed by atoms with Crippen molar-refractivity contribution >= 4 is 29.2 Å². The number of nitrogens with one attached hydrogen (secondary N) is 1. The summed E-state index contributed by atoms with van der Waals surface area (Å²) >= 11 is 0. The molecule has 0 atom stereocenters. The van der Waals surface area contributed by atoms with Crippen LogP contribution in [0, 0.1) is 0 Å². The van der Waals surface area contributed by atoms with E-state index < -0.39 is 5.91 Å². The Morgan fingerprint density at radius 1 is 0.871 bits per heavy atom. The van der Waals surface area contributed by atoms with E-state index >= 15 is 0 Å². The molecule has 3 aromatic rings. The number of anilines is 1. The Balaban J connectivity index is 1.59. The standard InChI is InChI=1S/C26H21NO4/c1-2-16-31-22-13-6-3-8-17(22)14-15-23(28)27-21-12-7-11-20-24(21)26(30)19-10-5-4-9-18(19)25(20)29/h3-15H,2,16H2,1H3,(H,27,28)/b15-14+. The zero-order valence-electron chi connectivity index (χ0n) is 17.1. The maximum absolute atomic E-state index is 13.0. The van der Waals surface area contributed by atoms with Gasteiger partial charge in [-0.25, -0.2) is 0 Å². The van der Waals surface area contributed by atoms with Crippen molar-refractivity contribution in [1.82, 2.24) is 0 Å². The molecule has 1 amide bonds. The molecule has 0 spiro atoms. The number of carbonyl (C=O) groups excluding carboxylic acids is 3. The summed E-state index contributed by atoms with van der Waals surface area (Å²) in [6.07, 6.45) is 3.93. The SMILES string of the molecule is CCCOc1ccccc1/C=C/C(=O)Nc1cccc2c1C(=O)c1ccccc1C2=O. The van der Waals surface area contributed by atoms with Crippen LogP contribution in [0.1, 0.15) is 50.8 Å². The first-order valence-corrected chi connectivity index (χ1v) is 10.1. The zero-order valence-corrected chi connectivity index (χ0v) is 17.1. The van der Waals surface area contributed by atoms with Gasteiger partial charge in [0.1, 0.15) is 5.75 Å². The van der Waals surface area contributed by atoms with Gasteiger partial charge >= 0.3 is 0 Å². The predicted molar refractivity (Wildman–Crippen MR) is 120 cm³/mol. The summed E-state index contributed by atoms with van der Waals surface area (Å²) in [4.78, 5) is 38.5. The Labute approximate surface area is 180 Å². The molecule has 0 bridgehead atoms. The second kappa shape index (κ2) is 8.79. The van der Waals surface area contributed by atoms with Crippen molar-refractivity contribution < 1.29 is 19.1 Å². The number of carbonyl (C=O) groups is 3. The first-order chi connectivity index (χ1) is 15.1. The third kappa shape index (κ3) is 4.03. The van der Waals surface area contributed by atoms with E-state index in [0.29, 0.717) is 34.7 Å². The van der Waals surface area contributed by atoms with Gasteiger partial charge in [-0.2, -0.15) is 0 Å². The van der Waals surface area contributed by atoms with Crippen molar-refractivity contribution in [3.05, 3.63) is 101 Å². The Bertz CT molecular complexity index is 1210. The molecule has 0 aromatic heterocycles. The number of hydrogen-bond acceptors (Lipinski definition) is 4. The third-order valence-electron chi connectivity index (χ3n) is 5.01. The van der Waals surface area contributed by atoms with Gasteiger partial charge in [-0.1, -0.05) is 61.5 Å². The lowest BCUT2D eigenvalue weighted by molar-refractivity contribution is -0.111. The van der Waals surface area contributed by atoms with Crippen molar-refractivity contribution in [2.75, 3.05) is 11.9 Å². The van der Waals surface area contributed by atoms with Gasteiger partial charge in [-0.3, -0.25) is 14.4 Å². The summed E-state index contributed by atoms with van der Waals surface area (Å²) in [5.41, 5.74) is 2.34. The van der Waals surface area contributed by atoms with E-state index in [1.165, 1.54) is 6.08 Å². The van der Waals surface area contributed by atoms with Crippen LogP contribution in [0.5, 0.6) is 5.75 Å². The molecule has 31 heavy (non-hydrogen) atoms. The van der Waals surface area contributed by atoms with Gasteiger partial charge in [0.05, 0.1) is 17.9 Å². The van der Waals surface area contributed by atoms with Gasteiger partial charge in [0.2, 0.25) is 5.91 Å². The molecule has 1 aliphatic rings. The molecule has 0 radical (unpaired) electrons. The Morgan fingerprint density at radius 3 is 2.32 bits per heavy atom. The van der Waals surface area contributed by atoms with E-state index in [-0.39, 0.29) is 17.1 Å². The van der Waals surface area contributed by atoms with Gasteiger partial charge in [-0.05, 0) is 24.6 Å². The molecule has 0 unspecified atom stereocenters. The smallest absolute Gasteiger partial charge is 0.248 e. The lowest BCUT2D eigenvalue weighted by atomic mass is 9.83. The molecule has 4 rings (SSSR count). The van der Waals surface area contributed by atoms with E-state index in [1.54, 1.807) is 48.5 Å². The minimum absolute atomic E-state index is 0.222. The molecule has 0 saturated heterocycles. The van der Waals surface area contributed by atoms with Crippen LogP contribution >= 0.6 is 0 Å². The predicted octanol–water partition coefficient (Wildman–Crippen LogP) is 4.90. The molecule has 5 heteroatoms. The van der Waals surface area contributed by atoms with Crippen LogP contribution in [0.25, 0.3) is 6.08 Å². The zero-order chi connectivity index (χ0) is 21.8. The molecule has 0 fully saturated rings. The maximum atomic E-state index is 13.0. The molecule has 0 aliphatic heterocycles. The summed E-state index contributed by atoms with van der Waals surface area (Å²) < 4.78 is 5.71. The summed E-state index contributed by atoms with van der Waals surface area (Å²) in [5.74, 6) is -0.206. The monoisotopic (exact) mass is 411 g/mol. The molecule has 154 valence electrons. The lowest BCUT2D eigenvalue weighted by Crippen LogP contribution is -2.23. The molecule has 5 nitrogen and oxygen atoms in total. The maximum Gasteiger partial charge on any atom is 0.248 e. The molecular weight excluding hydrogens is 390 g/mol. The van der Waals surface area contributed by atoms with Gasteiger partial charge in [0, 0.05) is 28.3 Å². The van der Waals surface area contributed by atoms with E-state index in [0.717, 1.165) is 12.0 Å². The number of fused-ring (bicyclic) bond motifs is 2. The summed E-state index contributed by atoms with van der Waals surface area (Å²) in [7, 11) is 0. The van der Waals surface area contributed by atoms with Crippen LogP contribution < -0.4 is 10.1 Å². The van der Waals surface area contributed by atoms with Gasteiger partial charge in [-0.15, -0.1) is 0 Å². The van der Waals surface area contributed by atoms with Crippen LogP contribution in [0.4, 0.5) is 5.69 Å². The van der Waals surface area contributed by atoms with Gasteiger partial charge in [0.25, 0.3) is 0 Å². The van der Waals surface area contributed by atoms with E-state index in [2.05, 4.69) is 5.32 Å². The Morgan fingerprint density at radius 2 is 1.55 bits per heavy atom. The summed E-state index contributed by atoms with van der Waals surface area (Å²) in [6.45, 7) is 2.61. The number of ketones is 2. The van der Waals surface area contributed by atoms with E-state index in [1.807, 2.05) is 31.2 Å². The second-order valence-corrected chi connectivity index (χ2v) is 7.14. The van der Waals surface area contributed by atoms with Crippen molar-refractivity contribution in [2.45, 2.75) is 13.3 Å². The fraction of sp³-hybridized carbons (Fsp3) is 0.115. The van der Waals surface area contributed by atoms with Crippen molar-refractivity contribution in [2.24, 2.45) is 0 Å². The van der Waals surface area contributed by atoms with Crippen LogP contribution in [0.3, 0.4) is 0 Å². The number of para-hydroxylation sites is 1. The average molecular weight is 411 g/mol. The molecule has 1 N–H and O–H groups in total. The average Bonchev–Trinajstić information content (AvgIpc) is 2.80. The lowest BCUT2D eigenvalue weighted by Gasteiger charge is -2.20. The van der Waals surface area contributed by atoms with Crippen molar-refractivity contribution in [1.29, 1.82) is 0 Å². The van der Waals surface area contributed by atoms with Crippen LogP contribution in [0.2, 0.25) is 0 Å². The fourth-order valence-electron chi connectivity index (χ4n) is 3.55. The minimum atomic E-state index is -0.405. The molecule has 0 heterocycles. The molecule has 3 aromatic carbocycles. The normalized spacial score (nSPS) is 12.4. The largest absolute Gasteiger partial charge is 0.493 e. The fourth-order valence-corrected chi connectivity index (χ4v) is 3.55. The second-order valence-electron chi connectivity index (χ2n) is 7.14. The number of hydrogen-bond donors (Lipinski definition) is 1. The molecular formula is C26H21NO4. The number of rotatable bonds is 6. The number of amides is 1. The first-order valence-electron chi connectivity index (χ1n) is 10.1. The first kappa shape index (κ1) is 20.3. The number of benzene rings is 3. The summed E-state index contributed by atoms with van der Waals surface area (Å²) in [5, 5.41) is 2.75. The minimum Gasteiger partial charge on any atom is -0.493 e. The van der Waals surface area contributed by atoms with Crippen LogP contribution in [-0.4, -0.2) is 24.1 Å². The van der Waals surface area contributed by atoms with Gasteiger partial charge in [0.15, 0.2) is 11.6 Å². The van der Waals surface area contributed by atoms with Crippen molar-refractivity contribution in [3.63, 3.8) is 0 Å². The van der Waals surface area contributed by atoms with Crippen LogP contribution in [0.15, 0.2) is 72.8 Å². The highest BCUT2D eigenvalue weighted by Gasteiger charge is 2.31. The highest BCUT2D eigenvalue weighted by Crippen LogP contribution is 2.32. The molecule has 0 saturated carbocycles. The molecule has 1 aliphatic carbocycles. The van der Waals surface area contributed by atoms with Crippen molar-refractivity contribution in [3.8, 4) is 5.75 Å². The highest BCUT2D eigenvalue weighted by molar-refractivity contribution is 6.30. The topological polar surface area (TPSA) is 72.5 Å². The number of ether oxygens (including phenoxy) is 1.